The second-order valence-electron chi connectivity index (χ2n) is 3.64. The molecule has 18 heavy (non-hydrogen) atoms. The number of aryl methyl sites for hydroxylation is 1. The third kappa shape index (κ3) is 2.88. The zero-order valence-electron chi connectivity index (χ0n) is 9.64. The average Bonchev–Trinajstić information content (AvgIpc) is 2.32. The largest absolute Gasteiger partial charge is 0.384 e. The topological polar surface area (TPSA) is 75.7 Å². The van der Waals surface area contributed by atoms with Crippen LogP contribution in [0, 0.1) is 12.3 Å². The van der Waals surface area contributed by atoms with Gasteiger partial charge in [-0.25, -0.2) is 9.97 Å². The summed E-state index contributed by atoms with van der Waals surface area (Å²) in [6.07, 6.45) is 3.44. The van der Waals surface area contributed by atoms with Crippen molar-refractivity contribution < 1.29 is 0 Å². The predicted octanol–water partition coefficient (Wildman–Crippen LogP) is 2.98. The summed E-state index contributed by atoms with van der Waals surface area (Å²) in [6, 6.07) is 5.65. The highest BCUT2D eigenvalue weighted by atomic mass is 79.9. The van der Waals surface area contributed by atoms with Crippen LogP contribution in [0.3, 0.4) is 0 Å². The maximum absolute atomic E-state index is 7.61. The predicted molar refractivity (Wildman–Crippen MR) is 76.1 cm³/mol. The van der Waals surface area contributed by atoms with E-state index in [1.165, 1.54) is 11.8 Å². The summed E-state index contributed by atoms with van der Waals surface area (Å²) in [5.41, 5.74) is 7.21. The molecule has 2 rings (SSSR count). The number of nitrogens with one attached hydrogen (secondary N) is 1. The molecule has 0 radical (unpaired) electrons. The lowest BCUT2D eigenvalue weighted by Gasteiger charge is -2.09. The van der Waals surface area contributed by atoms with Gasteiger partial charge in [-0.15, -0.1) is 0 Å². The normalized spacial score (nSPS) is 10.3. The van der Waals surface area contributed by atoms with Gasteiger partial charge in [0.2, 0.25) is 0 Å². The van der Waals surface area contributed by atoms with Crippen molar-refractivity contribution in [1.82, 2.24) is 9.97 Å². The maximum Gasteiger partial charge on any atom is 0.125 e. The molecule has 0 aliphatic carbocycles. The first kappa shape index (κ1) is 13.0. The fourth-order valence-electron chi connectivity index (χ4n) is 1.46. The van der Waals surface area contributed by atoms with Crippen LogP contribution in [0.5, 0.6) is 0 Å². The number of hydrogen-bond donors (Lipinski definition) is 2. The van der Waals surface area contributed by atoms with Gasteiger partial charge in [-0.2, -0.15) is 0 Å². The van der Waals surface area contributed by atoms with Gasteiger partial charge in [0, 0.05) is 16.9 Å². The highest BCUT2D eigenvalue weighted by Gasteiger charge is 2.11. The zero-order valence-corrected chi connectivity index (χ0v) is 12.0. The number of pyridine rings is 2. The highest BCUT2D eigenvalue weighted by Crippen LogP contribution is 2.28. The average molecular weight is 323 g/mol. The van der Waals surface area contributed by atoms with E-state index < -0.39 is 0 Å². The van der Waals surface area contributed by atoms with E-state index >= 15 is 0 Å². The number of rotatable bonds is 3. The Morgan fingerprint density at radius 3 is 2.72 bits per heavy atom. The maximum atomic E-state index is 7.61. The quantitative estimate of drug-likeness (QED) is 0.672. The van der Waals surface area contributed by atoms with Gasteiger partial charge in [-0.05, 0) is 58.4 Å². The minimum Gasteiger partial charge on any atom is -0.384 e. The molecule has 2 aromatic rings. The summed E-state index contributed by atoms with van der Waals surface area (Å²) in [6.45, 7) is 1.91. The third-order valence-electron chi connectivity index (χ3n) is 2.30. The number of aromatic nitrogens is 2. The number of nitrogen functional groups attached to an aromatic ring is 1. The van der Waals surface area contributed by atoms with E-state index in [1.54, 1.807) is 12.4 Å². The summed E-state index contributed by atoms with van der Waals surface area (Å²) in [5, 5.41) is 9.14. The van der Waals surface area contributed by atoms with E-state index in [0.29, 0.717) is 10.6 Å². The molecule has 0 saturated heterocycles. The van der Waals surface area contributed by atoms with Crippen molar-refractivity contribution >= 4 is 33.5 Å². The number of nitrogens with zero attached hydrogens (tertiary/aromatic N) is 2. The highest BCUT2D eigenvalue weighted by molar-refractivity contribution is 9.10. The zero-order chi connectivity index (χ0) is 13.1. The van der Waals surface area contributed by atoms with E-state index in [4.69, 9.17) is 11.1 Å². The van der Waals surface area contributed by atoms with Gasteiger partial charge in [0.25, 0.3) is 0 Å². The van der Waals surface area contributed by atoms with Crippen LogP contribution in [0.1, 0.15) is 11.1 Å². The van der Waals surface area contributed by atoms with Crippen molar-refractivity contribution in [2.24, 2.45) is 5.73 Å². The van der Waals surface area contributed by atoms with Crippen molar-refractivity contribution in [2.45, 2.75) is 17.0 Å². The lowest BCUT2D eigenvalue weighted by Crippen LogP contribution is -2.14. The third-order valence-corrected chi connectivity index (χ3v) is 3.72. The van der Waals surface area contributed by atoms with Gasteiger partial charge < -0.3 is 5.73 Å². The molecular formula is C12H11BrN4S. The molecule has 0 aliphatic rings. The van der Waals surface area contributed by atoms with Crippen molar-refractivity contribution in [3.05, 3.63) is 46.2 Å². The van der Waals surface area contributed by atoms with E-state index in [0.717, 1.165) is 15.1 Å². The molecule has 6 heteroatoms. The second-order valence-corrected chi connectivity index (χ2v) is 5.56. The molecule has 4 nitrogen and oxygen atoms in total. The van der Waals surface area contributed by atoms with E-state index in [9.17, 15) is 0 Å². The molecule has 2 aromatic heterocycles. The Bertz CT molecular complexity index is 583. The first-order valence-corrected chi connectivity index (χ1v) is 6.78. The van der Waals surface area contributed by atoms with Crippen LogP contribution >= 0.6 is 27.7 Å². The van der Waals surface area contributed by atoms with Crippen LogP contribution in [0.15, 0.2) is 45.1 Å². The van der Waals surface area contributed by atoms with Crippen LogP contribution in [0.25, 0.3) is 0 Å². The van der Waals surface area contributed by atoms with Gasteiger partial charge in [-0.3, -0.25) is 5.41 Å². The molecule has 0 unspecified atom stereocenters. The van der Waals surface area contributed by atoms with Gasteiger partial charge in [0.05, 0.1) is 5.56 Å². The Hall–Kier alpha value is -1.40. The smallest absolute Gasteiger partial charge is 0.125 e. The van der Waals surface area contributed by atoms with Crippen molar-refractivity contribution in [3.63, 3.8) is 0 Å². The van der Waals surface area contributed by atoms with Crippen molar-refractivity contribution in [2.75, 3.05) is 0 Å². The molecule has 0 bridgehead atoms. The monoisotopic (exact) mass is 322 g/mol. The molecule has 0 atom stereocenters. The molecule has 2 heterocycles. The van der Waals surface area contributed by atoms with Crippen LogP contribution in [0.4, 0.5) is 0 Å². The van der Waals surface area contributed by atoms with Crippen LogP contribution < -0.4 is 5.73 Å². The van der Waals surface area contributed by atoms with Crippen LogP contribution in [0.2, 0.25) is 0 Å². The minimum absolute atomic E-state index is 0.0280. The summed E-state index contributed by atoms with van der Waals surface area (Å²) < 4.78 is 0.927. The summed E-state index contributed by atoms with van der Waals surface area (Å²) in [7, 11) is 0. The number of amidine groups is 1. The number of nitrogens with two attached hydrogens (primary N) is 1. The Balaban J connectivity index is 2.37. The molecule has 0 saturated carbocycles. The fraction of sp³-hybridized carbons (Fsp3) is 0.0833. The van der Waals surface area contributed by atoms with Gasteiger partial charge in [0.1, 0.15) is 15.9 Å². The van der Waals surface area contributed by atoms with E-state index in [1.807, 2.05) is 25.1 Å². The van der Waals surface area contributed by atoms with Crippen molar-refractivity contribution in [3.8, 4) is 0 Å². The van der Waals surface area contributed by atoms with Gasteiger partial charge in [0.15, 0.2) is 0 Å². The van der Waals surface area contributed by atoms with Crippen LogP contribution in [-0.2, 0) is 0 Å². The second kappa shape index (κ2) is 5.49. The summed E-state index contributed by atoms with van der Waals surface area (Å²) in [4.78, 5) is 8.54. The van der Waals surface area contributed by atoms with Gasteiger partial charge >= 0.3 is 0 Å². The van der Waals surface area contributed by atoms with E-state index in [-0.39, 0.29) is 5.84 Å². The molecule has 0 spiro atoms. The van der Waals surface area contributed by atoms with E-state index in [2.05, 4.69) is 25.9 Å². The molecule has 92 valence electrons. The molecule has 0 aliphatic heterocycles. The Morgan fingerprint density at radius 1 is 1.33 bits per heavy atom. The number of halogens is 1. The molecule has 3 N–H and O–H groups in total. The molecular weight excluding hydrogens is 312 g/mol. The SMILES string of the molecule is Cc1ccnc(Sc2ccc(Br)cn2)c1C(=N)N. The lowest BCUT2D eigenvalue weighted by molar-refractivity contribution is 1.06. The molecule has 0 aromatic carbocycles. The van der Waals surface area contributed by atoms with Crippen LogP contribution in [-0.4, -0.2) is 15.8 Å². The minimum atomic E-state index is 0.0280. The first-order chi connectivity index (χ1) is 8.58. The Morgan fingerprint density at radius 2 is 2.11 bits per heavy atom. The summed E-state index contributed by atoms with van der Waals surface area (Å²) in [5.74, 6) is 0.0280. The standard InChI is InChI=1S/C12H11BrN4S/c1-7-4-5-16-12(10(7)11(14)15)18-9-3-2-8(13)6-17-9/h2-6H,1H3,(H3,14,15). The van der Waals surface area contributed by atoms with Crippen molar-refractivity contribution in [1.29, 1.82) is 5.41 Å². The first-order valence-electron chi connectivity index (χ1n) is 5.17. The van der Waals surface area contributed by atoms with Gasteiger partial charge in [-0.1, -0.05) is 0 Å². The molecule has 0 fully saturated rings. The summed E-state index contributed by atoms with van der Waals surface area (Å²) >= 11 is 4.74. The molecule has 0 amide bonds. The Labute approximate surface area is 118 Å². The lowest BCUT2D eigenvalue weighted by atomic mass is 10.1. The Kier molecular flexibility index (Phi) is 3.98. The number of hydrogen-bond acceptors (Lipinski definition) is 4. The fourth-order valence-corrected chi connectivity index (χ4v) is 2.62.